The Morgan fingerprint density at radius 3 is 1.43 bits per heavy atom. The molecule has 0 bridgehead atoms. The van der Waals surface area contributed by atoms with E-state index in [1.54, 1.807) is 0 Å². The van der Waals surface area contributed by atoms with Gasteiger partial charge >= 0.3 is 0 Å². The summed E-state index contributed by atoms with van der Waals surface area (Å²) < 4.78 is 0. The van der Waals surface area contributed by atoms with Crippen LogP contribution in [0.2, 0.25) is 0 Å². The predicted octanol–water partition coefficient (Wildman–Crippen LogP) is 6.67. The Labute approximate surface area is 166 Å². The van der Waals surface area contributed by atoms with Gasteiger partial charge in [0.1, 0.15) is 0 Å². The van der Waals surface area contributed by atoms with Crippen LogP contribution in [0, 0.1) is 0 Å². The molecular formula is C26H24N2. The third kappa shape index (κ3) is 4.60. The van der Waals surface area contributed by atoms with E-state index < -0.39 is 0 Å². The zero-order valence-corrected chi connectivity index (χ0v) is 15.8. The van der Waals surface area contributed by atoms with Crippen molar-refractivity contribution < 1.29 is 0 Å². The molecule has 0 saturated carbocycles. The van der Waals surface area contributed by atoms with Crippen LogP contribution in [0.5, 0.6) is 0 Å². The quantitative estimate of drug-likeness (QED) is 0.382. The molecule has 4 aromatic rings. The number of anilines is 3. The highest BCUT2D eigenvalue weighted by Gasteiger charge is 2.13. The van der Waals surface area contributed by atoms with Crippen LogP contribution in [0.3, 0.4) is 0 Å². The van der Waals surface area contributed by atoms with Crippen LogP contribution in [0.4, 0.5) is 17.1 Å². The van der Waals surface area contributed by atoms with E-state index in [1.165, 1.54) is 11.1 Å². The van der Waals surface area contributed by atoms with Gasteiger partial charge in [-0.2, -0.15) is 0 Å². The zero-order valence-electron chi connectivity index (χ0n) is 15.8. The molecule has 138 valence electrons. The molecule has 2 nitrogen and oxygen atoms in total. The summed E-state index contributed by atoms with van der Waals surface area (Å²) in [5.41, 5.74) is 5.94. The smallest absolute Gasteiger partial charge is 0.0385 e. The fourth-order valence-corrected chi connectivity index (χ4v) is 3.38. The van der Waals surface area contributed by atoms with Crippen LogP contribution < -0.4 is 10.6 Å². The summed E-state index contributed by atoms with van der Waals surface area (Å²) in [6.07, 6.45) is 0. The predicted molar refractivity (Wildman–Crippen MR) is 119 cm³/mol. The highest BCUT2D eigenvalue weighted by atomic mass is 14.9. The maximum absolute atomic E-state index is 3.61. The van der Waals surface area contributed by atoms with Gasteiger partial charge in [-0.25, -0.2) is 0 Å². The fourth-order valence-electron chi connectivity index (χ4n) is 3.38. The van der Waals surface area contributed by atoms with Crippen LogP contribution in [0.25, 0.3) is 0 Å². The summed E-state index contributed by atoms with van der Waals surface area (Å²) in [5, 5.41) is 7.02. The molecule has 0 saturated heterocycles. The van der Waals surface area contributed by atoms with Crippen molar-refractivity contribution in [2.45, 2.75) is 5.92 Å². The first kappa shape index (κ1) is 17.9. The second-order valence-electron chi connectivity index (χ2n) is 6.82. The first-order valence-corrected chi connectivity index (χ1v) is 9.64. The molecule has 0 heterocycles. The van der Waals surface area contributed by atoms with E-state index in [9.17, 15) is 0 Å². The van der Waals surface area contributed by atoms with Crippen molar-refractivity contribution in [1.82, 2.24) is 0 Å². The molecular weight excluding hydrogens is 340 g/mol. The first-order chi connectivity index (χ1) is 13.9. The van der Waals surface area contributed by atoms with E-state index in [-0.39, 0.29) is 0 Å². The molecule has 4 rings (SSSR count). The van der Waals surface area contributed by atoms with Crippen molar-refractivity contribution in [3.05, 3.63) is 126 Å². The maximum Gasteiger partial charge on any atom is 0.0385 e. The Kier molecular flexibility index (Phi) is 5.69. The second-order valence-corrected chi connectivity index (χ2v) is 6.82. The summed E-state index contributed by atoms with van der Waals surface area (Å²) in [7, 11) is 0. The largest absolute Gasteiger partial charge is 0.384 e. The van der Waals surface area contributed by atoms with Gasteiger partial charge in [0, 0.05) is 29.5 Å². The summed E-state index contributed by atoms with van der Waals surface area (Å²) >= 11 is 0. The van der Waals surface area contributed by atoms with E-state index in [1.807, 2.05) is 18.2 Å². The van der Waals surface area contributed by atoms with Crippen molar-refractivity contribution >= 4 is 17.1 Å². The molecule has 0 amide bonds. The Hall–Kier alpha value is -3.52. The molecule has 2 N–H and O–H groups in total. The highest BCUT2D eigenvalue weighted by molar-refractivity contribution is 5.62. The molecule has 0 spiro atoms. The monoisotopic (exact) mass is 364 g/mol. The van der Waals surface area contributed by atoms with Crippen molar-refractivity contribution in [2.24, 2.45) is 0 Å². The van der Waals surface area contributed by atoms with Crippen LogP contribution in [0.1, 0.15) is 17.0 Å². The summed E-state index contributed by atoms with van der Waals surface area (Å²) in [6, 6.07) is 40.0. The minimum atomic E-state index is 0.310. The van der Waals surface area contributed by atoms with E-state index >= 15 is 0 Å². The fraction of sp³-hybridized carbons (Fsp3) is 0.0769. The lowest BCUT2D eigenvalue weighted by Crippen LogP contribution is -2.14. The normalized spacial score (nSPS) is 10.6. The number of para-hydroxylation sites is 1. The van der Waals surface area contributed by atoms with Crippen molar-refractivity contribution in [2.75, 3.05) is 17.2 Å². The van der Waals surface area contributed by atoms with Crippen LogP contribution in [-0.2, 0) is 0 Å². The topological polar surface area (TPSA) is 24.1 Å². The van der Waals surface area contributed by atoms with Crippen molar-refractivity contribution in [3.8, 4) is 0 Å². The van der Waals surface area contributed by atoms with Gasteiger partial charge in [-0.15, -0.1) is 0 Å². The van der Waals surface area contributed by atoms with Crippen LogP contribution in [-0.4, -0.2) is 6.54 Å². The molecule has 0 atom stereocenters. The van der Waals surface area contributed by atoms with Gasteiger partial charge in [0.15, 0.2) is 0 Å². The lowest BCUT2D eigenvalue weighted by molar-refractivity contribution is 0.853. The van der Waals surface area contributed by atoms with Crippen molar-refractivity contribution in [1.29, 1.82) is 0 Å². The summed E-state index contributed by atoms with van der Waals surface area (Å²) in [6.45, 7) is 0.847. The standard InChI is InChI=1S/C26H24N2/c1-4-10-21(11-5-1)26(22-12-6-2-7-13-22)20-27-23-16-18-25(19-17-23)28-24-14-8-3-9-15-24/h1-19,26-28H,20H2. The van der Waals surface area contributed by atoms with Gasteiger partial charge in [0.2, 0.25) is 0 Å². The molecule has 0 radical (unpaired) electrons. The zero-order chi connectivity index (χ0) is 19.0. The van der Waals surface area contributed by atoms with Gasteiger partial charge in [-0.05, 0) is 47.5 Å². The first-order valence-electron chi connectivity index (χ1n) is 9.64. The number of rotatable bonds is 7. The van der Waals surface area contributed by atoms with Gasteiger partial charge in [0.05, 0.1) is 0 Å². The highest BCUT2D eigenvalue weighted by Crippen LogP contribution is 2.26. The maximum atomic E-state index is 3.61. The lowest BCUT2D eigenvalue weighted by Gasteiger charge is -2.19. The van der Waals surface area contributed by atoms with E-state index in [4.69, 9.17) is 0 Å². The number of hydrogen-bond acceptors (Lipinski definition) is 2. The lowest BCUT2D eigenvalue weighted by atomic mass is 9.91. The third-order valence-electron chi connectivity index (χ3n) is 4.86. The Balaban J connectivity index is 1.45. The SMILES string of the molecule is c1ccc(Nc2ccc(NCC(c3ccccc3)c3ccccc3)cc2)cc1. The van der Waals surface area contributed by atoms with Crippen molar-refractivity contribution in [3.63, 3.8) is 0 Å². The summed E-state index contributed by atoms with van der Waals surface area (Å²) in [5.74, 6) is 0.310. The minimum absolute atomic E-state index is 0.310. The van der Waals surface area contributed by atoms with Gasteiger partial charge in [-0.3, -0.25) is 0 Å². The molecule has 0 unspecified atom stereocenters. The second kappa shape index (κ2) is 8.92. The molecule has 0 aliphatic heterocycles. The van der Waals surface area contributed by atoms with Crippen LogP contribution >= 0.6 is 0 Å². The molecule has 0 fully saturated rings. The van der Waals surface area contributed by atoms with Gasteiger partial charge in [0.25, 0.3) is 0 Å². The molecule has 2 heteroatoms. The van der Waals surface area contributed by atoms with Gasteiger partial charge in [-0.1, -0.05) is 78.9 Å². The number of nitrogens with one attached hydrogen (secondary N) is 2. The molecule has 0 aliphatic carbocycles. The molecule has 28 heavy (non-hydrogen) atoms. The average molecular weight is 364 g/mol. The van der Waals surface area contributed by atoms with Gasteiger partial charge < -0.3 is 10.6 Å². The third-order valence-corrected chi connectivity index (χ3v) is 4.86. The Bertz CT molecular complexity index is 926. The van der Waals surface area contributed by atoms with E-state index in [0.717, 1.165) is 23.6 Å². The van der Waals surface area contributed by atoms with Crippen LogP contribution in [0.15, 0.2) is 115 Å². The summed E-state index contributed by atoms with van der Waals surface area (Å²) in [4.78, 5) is 0. The Morgan fingerprint density at radius 1 is 0.464 bits per heavy atom. The molecule has 4 aromatic carbocycles. The Morgan fingerprint density at radius 2 is 0.893 bits per heavy atom. The minimum Gasteiger partial charge on any atom is -0.384 e. The number of hydrogen-bond donors (Lipinski definition) is 2. The van der Waals surface area contributed by atoms with E-state index in [0.29, 0.717) is 5.92 Å². The average Bonchev–Trinajstić information content (AvgIpc) is 2.77. The molecule has 0 aromatic heterocycles. The molecule has 0 aliphatic rings. The number of benzene rings is 4. The van der Waals surface area contributed by atoms with E-state index in [2.05, 4.69) is 108 Å².